The van der Waals surface area contributed by atoms with Crippen molar-refractivity contribution in [3.8, 4) is 5.82 Å². The normalized spacial score (nSPS) is 21.2. The Hall–Kier alpha value is -2.21. The van der Waals surface area contributed by atoms with Gasteiger partial charge in [-0.15, -0.1) is 0 Å². The monoisotopic (exact) mass is 272 g/mol. The topological polar surface area (TPSA) is 69.0 Å². The average Bonchev–Trinajstić information content (AvgIpc) is 2.96. The van der Waals surface area contributed by atoms with E-state index in [9.17, 15) is 4.79 Å². The molecule has 1 amide bonds. The van der Waals surface area contributed by atoms with Gasteiger partial charge >= 0.3 is 0 Å². The van der Waals surface area contributed by atoms with Crippen molar-refractivity contribution in [3.63, 3.8) is 0 Å². The molecule has 2 aromatic rings. The summed E-state index contributed by atoms with van der Waals surface area (Å²) in [7, 11) is 1.69. The molecule has 20 heavy (non-hydrogen) atoms. The van der Waals surface area contributed by atoms with Crippen molar-refractivity contribution in [2.24, 2.45) is 0 Å². The molecular formula is C14H16N4O2. The zero-order valence-corrected chi connectivity index (χ0v) is 11.2. The molecule has 6 nitrogen and oxygen atoms in total. The number of nitrogens with zero attached hydrogens (tertiary/aromatic N) is 3. The molecule has 1 aliphatic rings. The minimum absolute atomic E-state index is 0.147. The molecule has 0 aromatic carbocycles. The fourth-order valence-electron chi connectivity index (χ4n) is 2.22. The summed E-state index contributed by atoms with van der Waals surface area (Å²) in [5.41, 5.74) is 0.414. The maximum absolute atomic E-state index is 12.1. The molecule has 0 spiro atoms. The largest absolute Gasteiger partial charge is 0.381 e. The third-order valence-corrected chi connectivity index (χ3v) is 3.50. The zero-order valence-electron chi connectivity index (χ0n) is 11.2. The van der Waals surface area contributed by atoms with Gasteiger partial charge in [0.1, 0.15) is 17.8 Å². The standard InChI is InChI=1S/C14H16N4O2/c1-20-11-7-10(8-11)16-14(19)12-3-2-4-13(17-12)18-6-5-15-9-18/h2-6,9-11H,7-8H2,1H3,(H,16,19). The number of carbonyl (C=O) groups is 1. The Morgan fingerprint density at radius 2 is 2.30 bits per heavy atom. The highest BCUT2D eigenvalue weighted by Gasteiger charge is 2.30. The van der Waals surface area contributed by atoms with Crippen LogP contribution in [0.2, 0.25) is 0 Å². The summed E-state index contributed by atoms with van der Waals surface area (Å²) < 4.78 is 6.96. The van der Waals surface area contributed by atoms with Gasteiger partial charge in [0.25, 0.3) is 5.91 Å². The number of carbonyl (C=O) groups excluding carboxylic acids is 1. The zero-order chi connectivity index (χ0) is 13.9. The van der Waals surface area contributed by atoms with Crippen molar-refractivity contribution in [2.75, 3.05) is 7.11 Å². The summed E-state index contributed by atoms with van der Waals surface area (Å²) >= 11 is 0. The number of methoxy groups -OCH3 is 1. The van der Waals surface area contributed by atoms with Gasteiger partial charge in [0, 0.05) is 25.5 Å². The number of hydrogen-bond acceptors (Lipinski definition) is 4. The molecular weight excluding hydrogens is 256 g/mol. The molecule has 0 radical (unpaired) electrons. The van der Waals surface area contributed by atoms with E-state index in [1.165, 1.54) is 0 Å². The van der Waals surface area contributed by atoms with E-state index in [1.807, 2.05) is 12.1 Å². The first-order valence-electron chi connectivity index (χ1n) is 6.55. The van der Waals surface area contributed by atoms with Crippen molar-refractivity contribution < 1.29 is 9.53 Å². The molecule has 1 aliphatic carbocycles. The lowest BCUT2D eigenvalue weighted by molar-refractivity contribution is 0.0175. The molecule has 1 fully saturated rings. The van der Waals surface area contributed by atoms with E-state index in [4.69, 9.17) is 4.74 Å². The molecule has 3 rings (SSSR count). The van der Waals surface area contributed by atoms with Crippen molar-refractivity contribution >= 4 is 5.91 Å². The van der Waals surface area contributed by atoms with Crippen molar-refractivity contribution in [1.82, 2.24) is 19.9 Å². The van der Waals surface area contributed by atoms with Crippen LogP contribution in [0, 0.1) is 0 Å². The number of nitrogens with one attached hydrogen (secondary N) is 1. The maximum Gasteiger partial charge on any atom is 0.270 e. The van der Waals surface area contributed by atoms with Crippen LogP contribution in [0.5, 0.6) is 0 Å². The first-order valence-corrected chi connectivity index (χ1v) is 6.55. The maximum atomic E-state index is 12.1. The Balaban J connectivity index is 1.68. The quantitative estimate of drug-likeness (QED) is 0.907. The molecule has 0 saturated heterocycles. The summed E-state index contributed by atoms with van der Waals surface area (Å²) in [6.45, 7) is 0. The SMILES string of the molecule is COC1CC(NC(=O)c2cccc(-n3ccnc3)n2)C1. The number of ether oxygens (including phenoxy) is 1. The molecule has 2 aromatic heterocycles. The van der Waals surface area contributed by atoms with E-state index in [0.717, 1.165) is 12.8 Å². The summed E-state index contributed by atoms with van der Waals surface area (Å²) in [5, 5.41) is 2.96. The lowest BCUT2D eigenvalue weighted by atomic mass is 9.89. The third kappa shape index (κ3) is 2.55. The van der Waals surface area contributed by atoms with E-state index >= 15 is 0 Å². The van der Waals surface area contributed by atoms with Gasteiger partial charge in [-0.3, -0.25) is 9.36 Å². The van der Waals surface area contributed by atoms with Gasteiger partial charge in [-0.05, 0) is 25.0 Å². The second-order valence-corrected chi connectivity index (χ2v) is 4.85. The number of rotatable bonds is 4. The minimum atomic E-state index is -0.147. The van der Waals surface area contributed by atoms with Gasteiger partial charge in [-0.1, -0.05) is 6.07 Å². The van der Waals surface area contributed by atoms with E-state index in [1.54, 1.807) is 36.5 Å². The first-order chi connectivity index (χ1) is 9.76. The van der Waals surface area contributed by atoms with E-state index < -0.39 is 0 Å². The molecule has 0 atom stereocenters. The van der Waals surface area contributed by atoms with Crippen molar-refractivity contribution in [2.45, 2.75) is 25.0 Å². The predicted molar refractivity (Wildman–Crippen MR) is 72.6 cm³/mol. The summed E-state index contributed by atoms with van der Waals surface area (Å²) in [6.07, 6.45) is 7.12. The number of imidazole rings is 1. The lowest BCUT2D eigenvalue weighted by Crippen LogP contribution is -2.47. The van der Waals surface area contributed by atoms with Gasteiger partial charge in [0.15, 0.2) is 0 Å². The molecule has 1 saturated carbocycles. The highest BCUT2D eigenvalue weighted by Crippen LogP contribution is 2.22. The fraction of sp³-hybridized carbons (Fsp3) is 0.357. The Morgan fingerprint density at radius 1 is 1.45 bits per heavy atom. The van der Waals surface area contributed by atoms with Crippen LogP contribution in [0.4, 0.5) is 0 Å². The Kier molecular flexibility index (Phi) is 3.47. The second-order valence-electron chi connectivity index (χ2n) is 4.85. The smallest absolute Gasteiger partial charge is 0.270 e. The second kappa shape index (κ2) is 5.42. The molecule has 0 aliphatic heterocycles. The van der Waals surface area contributed by atoms with E-state index in [0.29, 0.717) is 11.5 Å². The number of aromatic nitrogens is 3. The lowest BCUT2D eigenvalue weighted by Gasteiger charge is -2.34. The molecule has 6 heteroatoms. The van der Waals surface area contributed by atoms with Crippen LogP contribution in [0.1, 0.15) is 23.3 Å². The highest BCUT2D eigenvalue weighted by molar-refractivity contribution is 5.92. The Bertz CT molecular complexity index is 591. The van der Waals surface area contributed by atoms with Crippen LogP contribution in [-0.4, -0.2) is 39.7 Å². The van der Waals surface area contributed by atoms with Crippen LogP contribution in [-0.2, 0) is 4.74 Å². The Labute approximate surface area is 116 Å². The minimum Gasteiger partial charge on any atom is -0.381 e. The number of pyridine rings is 1. The van der Waals surface area contributed by atoms with Gasteiger partial charge < -0.3 is 10.1 Å². The third-order valence-electron chi connectivity index (χ3n) is 3.50. The summed E-state index contributed by atoms with van der Waals surface area (Å²) in [5.74, 6) is 0.532. The summed E-state index contributed by atoms with van der Waals surface area (Å²) in [6, 6.07) is 5.55. The van der Waals surface area contributed by atoms with Gasteiger partial charge in [-0.25, -0.2) is 9.97 Å². The summed E-state index contributed by atoms with van der Waals surface area (Å²) in [4.78, 5) is 20.4. The van der Waals surface area contributed by atoms with Crippen LogP contribution < -0.4 is 5.32 Å². The van der Waals surface area contributed by atoms with Crippen molar-refractivity contribution in [3.05, 3.63) is 42.6 Å². The van der Waals surface area contributed by atoms with Crippen molar-refractivity contribution in [1.29, 1.82) is 0 Å². The molecule has 0 unspecified atom stereocenters. The fourth-order valence-corrected chi connectivity index (χ4v) is 2.22. The number of hydrogen-bond donors (Lipinski definition) is 1. The highest BCUT2D eigenvalue weighted by atomic mass is 16.5. The number of amides is 1. The average molecular weight is 272 g/mol. The van der Waals surface area contributed by atoms with Gasteiger partial charge in [0.2, 0.25) is 0 Å². The molecule has 2 heterocycles. The van der Waals surface area contributed by atoms with E-state index in [-0.39, 0.29) is 18.1 Å². The van der Waals surface area contributed by atoms with E-state index in [2.05, 4.69) is 15.3 Å². The Morgan fingerprint density at radius 3 is 3.00 bits per heavy atom. The molecule has 1 N–H and O–H groups in total. The van der Waals surface area contributed by atoms with Gasteiger partial charge in [0.05, 0.1) is 6.10 Å². The van der Waals surface area contributed by atoms with Crippen LogP contribution >= 0.6 is 0 Å². The first kappa shape index (κ1) is 12.8. The predicted octanol–water partition coefficient (Wildman–Crippen LogP) is 1.17. The van der Waals surface area contributed by atoms with Crippen LogP contribution in [0.15, 0.2) is 36.9 Å². The molecule has 104 valence electrons. The van der Waals surface area contributed by atoms with Crippen LogP contribution in [0.3, 0.4) is 0 Å². The van der Waals surface area contributed by atoms with Gasteiger partial charge in [-0.2, -0.15) is 0 Å². The van der Waals surface area contributed by atoms with Crippen LogP contribution in [0.25, 0.3) is 5.82 Å². The molecule has 0 bridgehead atoms.